The topological polar surface area (TPSA) is 75.7 Å². The number of nitrogens with zero attached hydrogens (tertiary/aromatic N) is 1. The van der Waals surface area contributed by atoms with E-state index in [1.54, 1.807) is 20.9 Å². The second-order valence-corrected chi connectivity index (χ2v) is 7.61. The minimum Gasteiger partial charge on any atom is -0.465 e. The minimum atomic E-state index is -3.00. The second kappa shape index (κ2) is 8.59. The van der Waals surface area contributed by atoms with Crippen molar-refractivity contribution in [1.29, 1.82) is 0 Å². The monoisotopic (exact) mass is 308 g/mol. The number of nitrogens with one attached hydrogen (secondary N) is 1. The molecule has 0 saturated heterocycles. The fraction of sp³-hybridized carbons (Fsp3) is 0.923. The average molecular weight is 308 g/mol. The Bertz CT molecular complexity index is 397. The first-order valence-corrected chi connectivity index (χ1v) is 8.99. The second-order valence-electron chi connectivity index (χ2n) is 5.35. The normalized spacial score (nSPS) is 15.1. The zero-order valence-corrected chi connectivity index (χ0v) is 14.0. The van der Waals surface area contributed by atoms with Gasteiger partial charge in [-0.05, 0) is 33.9 Å². The van der Waals surface area contributed by atoms with Crippen molar-refractivity contribution in [3.8, 4) is 0 Å². The van der Waals surface area contributed by atoms with Crippen molar-refractivity contribution < 1.29 is 17.9 Å². The summed E-state index contributed by atoms with van der Waals surface area (Å²) in [5.41, 5.74) is -0.821. The highest BCUT2D eigenvalue weighted by Gasteiger charge is 2.35. The number of sulfone groups is 1. The molecule has 0 aliphatic carbocycles. The predicted octanol–water partition coefficient (Wildman–Crippen LogP) is 0.284. The largest absolute Gasteiger partial charge is 0.465 e. The van der Waals surface area contributed by atoms with Crippen LogP contribution in [0.2, 0.25) is 0 Å². The number of rotatable bonds is 10. The number of hydrogen-bond donors (Lipinski definition) is 1. The van der Waals surface area contributed by atoms with E-state index in [1.807, 2.05) is 11.8 Å². The maximum absolute atomic E-state index is 12.1. The molecule has 7 heteroatoms. The molecule has 0 spiro atoms. The zero-order valence-electron chi connectivity index (χ0n) is 13.2. The first-order valence-electron chi connectivity index (χ1n) is 6.93. The number of carbonyl (C=O) groups excluding carboxylic acids is 1. The third-order valence-corrected chi connectivity index (χ3v) is 3.85. The van der Waals surface area contributed by atoms with Crippen molar-refractivity contribution in [1.82, 2.24) is 10.2 Å². The SMILES string of the molecule is CCCNC(C)(CN(C)CCS(C)(=O)=O)C(=O)OCC. The van der Waals surface area contributed by atoms with Gasteiger partial charge in [0.2, 0.25) is 0 Å². The Labute approximate surface area is 122 Å². The summed E-state index contributed by atoms with van der Waals surface area (Å²) in [7, 11) is -1.20. The Balaban J connectivity index is 4.66. The molecular weight excluding hydrogens is 280 g/mol. The van der Waals surface area contributed by atoms with Crippen molar-refractivity contribution in [2.75, 3.05) is 45.3 Å². The van der Waals surface area contributed by atoms with Crippen LogP contribution in [0.4, 0.5) is 0 Å². The van der Waals surface area contributed by atoms with E-state index in [4.69, 9.17) is 4.74 Å². The van der Waals surface area contributed by atoms with Gasteiger partial charge in [0.15, 0.2) is 0 Å². The molecule has 1 unspecified atom stereocenters. The third-order valence-electron chi connectivity index (χ3n) is 2.92. The van der Waals surface area contributed by atoms with Crippen molar-refractivity contribution in [2.24, 2.45) is 0 Å². The van der Waals surface area contributed by atoms with Crippen LogP contribution in [0.25, 0.3) is 0 Å². The Morgan fingerprint density at radius 1 is 1.35 bits per heavy atom. The molecule has 20 heavy (non-hydrogen) atoms. The standard InChI is InChI=1S/C13H28N2O4S/c1-6-8-14-13(3,12(16)19-7-2)11-15(4)9-10-20(5,17)18/h14H,6-11H2,1-5H3. The van der Waals surface area contributed by atoms with E-state index in [9.17, 15) is 13.2 Å². The van der Waals surface area contributed by atoms with Crippen molar-refractivity contribution in [3.63, 3.8) is 0 Å². The van der Waals surface area contributed by atoms with Crippen LogP contribution in [-0.4, -0.2) is 70.1 Å². The number of ether oxygens (including phenoxy) is 1. The molecule has 0 aromatic rings. The van der Waals surface area contributed by atoms with E-state index in [0.717, 1.165) is 6.42 Å². The quantitative estimate of drug-likeness (QED) is 0.584. The van der Waals surface area contributed by atoms with Gasteiger partial charge < -0.3 is 15.0 Å². The maximum atomic E-state index is 12.1. The van der Waals surface area contributed by atoms with Gasteiger partial charge in [-0.2, -0.15) is 0 Å². The molecular formula is C13H28N2O4S. The van der Waals surface area contributed by atoms with E-state index in [2.05, 4.69) is 5.32 Å². The Hall–Kier alpha value is -0.660. The average Bonchev–Trinajstić information content (AvgIpc) is 2.33. The first-order chi connectivity index (χ1) is 9.14. The molecule has 0 aromatic carbocycles. The fourth-order valence-electron chi connectivity index (χ4n) is 1.82. The minimum absolute atomic E-state index is 0.0795. The lowest BCUT2D eigenvalue weighted by Crippen LogP contribution is -2.57. The van der Waals surface area contributed by atoms with Gasteiger partial charge in [-0.15, -0.1) is 0 Å². The van der Waals surface area contributed by atoms with Crippen molar-refractivity contribution >= 4 is 15.8 Å². The zero-order chi connectivity index (χ0) is 15.8. The molecule has 0 radical (unpaired) electrons. The van der Waals surface area contributed by atoms with Crippen LogP contribution >= 0.6 is 0 Å². The summed E-state index contributed by atoms with van der Waals surface area (Å²) in [5.74, 6) is -0.226. The molecule has 0 bridgehead atoms. The van der Waals surface area contributed by atoms with E-state index < -0.39 is 15.4 Å². The molecule has 0 saturated carbocycles. The number of likely N-dealkylation sites (N-methyl/N-ethyl adjacent to an activating group) is 1. The fourth-order valence-corrected chi connectivity index (χ4v) is 2.47. The summed E-state index contributed by atoms with van der Waals surface area (Å²) >= 11 is 0. The summed E-state index contributed by atoms with van der Waals surface area (Å²) < 4.78 is 27.5. The van der Waals surface area contributed by atoms with Gasteiger partial charge in [0.05, 0.1) is 12.4 Å². The summed E-state index contributed by atoms with van der Waals surface area (Å²) in [6.07, 6.45) is 2.11. The highest BCUT2D eigenvalue weighted by Crippen LogP contribution is 2.09. The molecule has 0 aromatic heterocycles. The summed E-state index contributed by atoms with van der Waals surface area (Å²) in [5, 5.41) is 3.19. The van der Waals surface area contributed by atoms with Gasteiger partial charge >= 0.3 is 5.97 Å². The molecule has 1 N–H and O–H groups in total. The lowest BCUT2D eigenvalue weighted by molar-refractivity contribution is -0.151. The Morgan fingerprint density at radius 2 is 1.95 bits per heavy atom. The van der Waals surface area contributed by atoms with E-state index >= 15 is 0 Å². The summed E-state index contributed by atoms with van der Waals surface area (Å²) in [6, 6.07) is 0. The third kappa shape index (κ3) is 7.81. The van der Waals surface area contributed by atoms with Gasteiger partial charge in [-0.25, -0.2) is 8.42 Å². The molecule has 1 atom stereocenters. The van der Waals surface area contributed by atoms with Crippen LogP contribution in [-0.2, 0) is 19.4 Å². The number of carbonyl (C=O) groups is 1. The highest BCUT2D eigenvalue weighted by atomic mass is 32.2. The van der Waals surface area contributed by atoms with Crippen molar-refractivity contribution in [2.45, 2.75) is 32.7 Å². The summed E-state index contributed by atoms with van der Waals surface area (Å²) in [4.78, 5) is 13.9. The van der Waals surface area contributed by atoms with Gasteiger partial charge in [-0.1, -0.05) is 6.92 Å². The van der Waals surface area contributed by atoms with Crippen LogP contribution in [0, 0.1) is 0 Å². The van der Waals surface area contributed by atoms with Gasteiger partial charge in [-0.3, -0.25) is 4.79 Å². The lowest BCUT2D eigenvalue weighted by Gasteiger charge is -2.32. The number of hydrogen-bond acceptors (Lipinski definition) is 6. The molecule has 6 nitrogen and oxygen atoms in total. The number of esters is 1. The first kappa shape index (κ1) is 19.3. The molecule has 0 fully saturated rings. The molecule has 0 aliphatic heterocycles. The highest BCUT2D eigenvalue weighted by molar-refractivity contribution is 7.90. The van der Waals surface area contributed by atoms with Crippen molar-refractivity contribution in [3.05, 3.63) is 0 Å². The molecule has 0 rings (SSSR count). The van der Waals surface area contributed by atoms with Crippen LogP contribution in [0.5, 0.6) is 0 Å². The van der Waals surface area contributed by atoms with E-state index in [-0.39, 0.29) is 11.7 Å². The molecule has 0 aliphatic rings. The smallest absolute Gasteiger partial charge is 0.327 e. The maximum Gasteiger partial charge on any atom is 0.327 e. The van der Waals surface area contributed by atoms with E-state index in [0.29, 0.717) is 26.2 Å². The van der Waals surface area contributed by atoms with Crippen LogP contribution in [0.15, 0.2) is 0 Å². The lowest BCUT2D eigenvalue weighted by atomic mass is 10.0. The van der Waals surface area contributed by atoms with E-state index in [1.165, 1.54) is 6.26 Å². The molecule has 0 amide bonds. The van der Waals surface area contributed by atoms with Crippen LogP contribution in [0.3, 0.4) is 0 Å². The Morgan fingerprint density at radius 3 is 2.40 bits per heavy atom. The van der Waals surface area contributed by atoms with Crippen LogP contribution < -0.4 is 5.32 Å². The molecule has 0 heterocycles. The predicted molar refractivity (Wildman–Crippen MR) is 80.5 cm³/mol. The van der Waals surface area contributed by atoms with Gasteiger partial charge in [0.1, 0.15) is 15.4 Å². The summed E-state index contributed by atoms with van der Waals surface area (Å²) in [6.45, 7) is 7.41. The Kier molecular flexibility index (Phi) is 8.30. The molecule has 120 valence electrons. The van der Waals surface area contributed by atoms with Gasteiger partial charge in [0.25, 0.3) is 0 Å². The van der Waals surface area contributed by atoms with Gasteiger partial charge in [0, 0.05) is 19.3 Å². The van der Waals surface area contributed by atoms with Crippen LogP contribution in [0.1, 0.15) is 27.2 Å².